The van der Waals surface area contributed by atoms with E-state index in [4.69, 9.17) is 4.42 Å². The molecule has 4 heteroatoms. The molecule has 0 unspecified atom stereocenters. The van der Waals surface area contributed by atoms with Gasteiger partial charge in [-0.1, -0.05) is 0 Å². The lowest BCUT2D eigenvalue weighted by atomic mass is 10.0. The topological polar surface area (TPSA) is 57.2 Å². The van der Waals surface area contributed by atoms with E-state index >= 15 is 0 Å². The lowest BCUT2D eigenvalue weighted by molar-refractivity contribution is 0.557. The molecule has 104 valence electrons. The second-order valence-corrected chi connectivity index (χ2v) is 4.83. The van der Waals surface area contributed by atoms with E-state index in [0.717, 1.165) is 29.6 Å². The third-order valence-electron chi connectivity index (χ3n) is 3.69. The number of nitrogens with zero attached hydrogens (tertiary/aromatic N) is 2. The monoisotopic (exact) mass is 270 g/mol. The lowest BCUT2D eigenvalue weighted by Crippen LogP contribution is -2.25. The Balaban J connectivity index is 2.96. The summed E-state index contributed by atoms with van der Waals surface area (Å²) >= 11 is 0. The first-order chi connectivity index (χ1) is 9.53. The summed E-state index contributed by atoms with van der Waals surface area (Å²) in [5.74, 6) is 0. The quantitative estimate of drug-likeness (QED) is 0.804. The predicted octanol–water partition coefficient (Wildman–Crippen LogP) is 3.13. The number of anilines is 1. The van der Waals surface area contributed by atoms with Gasteiger partial charge in [0.1, 0.15) is 11.7 Å². The fraction of sp³-hybridized carbons (Fsp3) is 0.375. The van der Waals surface area contributed by atoms with Crippen LogP contribution >= 0.6 is 0 Å². The Kier molecular flexibility index (Phi) is 3.80. The molecule has 0 N–H and O–H groups in total. The maximum atomic E-state index is 12.0. The molecule has 1 aromatic heterocycles. The molecule has 1 aromatic carbocycles. The van der Waals surface area contributed by atoms with Gasteiger partial charge in [0.15, 0.2) is 5.56 Å². The number of hydrogen-bond acceptors (Lipinski definition) is 4. The maximum absolute atomic E-state index is 12.0. The Morgan fingerprint density at radius 3 is 2.35 bits per heavy atom. The van der Waals surface area contributed by atoms with Crippen LogP contribution in [0.5, 0.6) is 0 Å². The predicted molar refractivity (Wildman–Crippen MR) is 80.2 cm³/mol. The van der Waals surface area contributed by atoms with E-state index in [9.17, 15) is 10.1 Å². The zero-order valence-corrected chi connectivity index (χ0v) is 12.3. The van der Waals surface area contributed by atoms with E-state index in [1.54, 1.807) is 0 Å². The van der Waals surface area contributed by atoms with Gasteiger partial charge in [-0.25, -0.2) is 4.79 Å². The average Bonchev–Trinajstić information content (AvgIpc) is 2.42. The van der Waals surface area contributed by atoms with Crippen LogP contribution in [-0.4, -0.2) is 13.1 Å². The van der Waals surface area contributed by atoms with Gasteiger partial charge in [-0.3, -0.25) is 0 Å². The molecular weight excluding hydrogens is 252 g/mol. The summed E-state index contributed by atoms with van der Waals surface area (Å²) in [7, 11) is 0. The van der Waals surface area contributed by atoms with Crippen molar-refractivity contribution >= 4 is 16.7 Å². The molecule has 0 saturated carbocycles. The Bertz CT molecular complexity index is 750. The summed E-state index contributed by atoms with van der Waals surface area (Å²) < 4.78 is 5.29. The van der Waals surface area contributed by atoms with E-state index in [1.807, 2.05) is 50.8 Å². The number of fused-ring (bicyclic) bond motifs is 1. The molecule has 4 nitrogen and oxygen atoms in total. The number of aryl methyl sites for hydroxylation is 2. The Hall–Kier alpha value is -2.28. The van der Waals surface area contributed by atoms with Crippen LogP contribution in [0.1, 0.15) is 30.5 Å². The second-order valence-electron chi connectivity index (χ2n) is 4.83. The van der Waals surface area contributed by atoms with Gasteiger partial charge < -0.3 is 9.32 Å². The minimum absolute atomic E-state index is 0.0875. The summed E-state index contributed by atoms with van der Waals surface area (Å²) in [6, 6.07) is 5.84. The molecule has 0 fully saturated rings. The fourth-order valence-electron chi connectivity index (χ4n) is 2.41. The van der Waals surface area contributed by atoms with Gasteiger partial charge in [-0.15, -0.1) is 0 Å². The highest BCUT2D eigenvalue weighted by molar-refractivity contribution is 5.94. The molecule has 0 aliphatic heterocycles. The Labute approximate surface area is 118 Å². The maximum Gasteiger partial charge on any atom is 0.356 e. The summed E-state index contributed by atoms with van der Waals surface area (Å²) in [6.07, 6.45) is 0. The number of nitriles is 1. The van der Waals surface area contributed by atoms with E-state index in [2.05, 4.69) is 0 Å². The third kappa shape index (κ3) is 2.16. The summed E-state index contributed by atoms with van der Waals surface area (Å²) in [4.78, 5) is 14.0. The minimum atomic E-state index is -0.565. The minimum Gasteiger partial charge on any atom is -0.422 e. The van der Waals surface area contributed by atoms with Crippen LogP contribution in [0.4, 0.5) is 5.69 Å². The van der Waals surface area contributed by atoms with Crippen LogP contribution in [0.3, 0.4) is 0 Å². The highest BCUT2D eigenvalue weighted by atomic mass is 16.4. The van der Waals surface area contributed by atoms with Crippen molar-refractivity contribution in [2.75, 3.05) is 18.0 Å². The van der Waals surface area contributed by atoms with Crippen molar-refractivity contribution in [3.63, 3.8) is 0 Å². The van der Waals surface area contributed by atoms with Gasteiger partial charge in [0.05, 0.1) is 5.69 Å². The summed E-state index contributed by atoms with van der Waals surface area (Å²) in [5.41, 5.74) is 2.93. The second kappa shape index (κ2) is 5.38. The smallest absolute Gasteiger partial charge is 0.356 e. The Morgan fingerprint density at radius 1 is 1.20 bits per heavy atom. The largest absolute Gasteiger partial charge is 0.422 e. The lowest BCUT2D eigenvalue weighted by Gasteiger charge is -2.23. The molecule has 2 aromatic rings. The van der Waals surface area contributed by atoms with Crippen molar-refractivity contribution in [2.24, 2.45) is 0 Å². The summed E-state index contributed by atoms with van der Waals surface area (Å²) in [6.45, 7) is 9.47. The molecule has 1 heterocycles. The standard InChI is InChI=1S/C16H18N2O2/c1-5-18(6-2)15-12-7-10(3)11(4)8-14(12)20-16(19)13(15)9-17/h7-8H,5-6H2,1-4H3. The van der Waals surface area contributed by atoms with Crippen LogP contribution in [0.15, 0.2) is 21.3 Å². The SMILES string of the molecule is CCN(CC)c1c(C#N)c(=O)oc2cc(C)c(C)cc12. The number of benzene rings is 1. The van der Waals surface area contributed by atoms with Gasteiger partial charge in [-0.05, 0) is 51.0 Å². The number of rotatable bonds is 3. The van der Waals surface area contributed by atoms with Crippen molar-refractivity contribution in [3.05, 3.63) is 39.2 Å². The van der Waals surface area contributed by atoms with Gasteiger partial charge in [0.2, 0.25) is 0 Å². The third-order valence-corrected chi connectivity index (χ3v) is 3.69. The van der Waals surface area contributed by atoms with Gasteiger partial charge in [0, 0.05) is 18.5 Å². The van der Waals surface area contributed by atoms with Crippen LogP contribution in [0, 0.1) is 25.2 Å². The molecule has 0 atom stereocenters. The molecule has 0 bridgehead atoms. The molecule has 0 radical (unpaired) electrons. The van der Waals surface area contributed by atoms with Crippen LogP contribution in [0.2, 0.25) is 0 Å². The van der Waals surface area contributed by atoms with E-state index < -0.39 is 5.63 Å². The highest BCUT2D eigenvalue weighted by Crippen LogP contribution is 2.30. The normalized spacial score (nSPS) is 10.6. The van der Waals surface area contributed by atoms with Crippen molar-refractivity contribution in [1.29, 1.82) is 5.26 Å². The zero-order valence-electron chi connectivity index (χ0n) is 12.3. The first-order valence-electron chi connectivity index (χ1n) is 6.76. The van der Waals surface area contributed by atoms with Crippen molar-refractivity contribution in [1.82, 2.24) is 0 Å². The van der Waals surface area contributed by atoms with Gasteiger partial charge in [-0.2, -0.15) is 5.26 Å². The molecule has 0 aliphatic rings. The van der Waals surface area contributed by atoms with E-state index in [-0.39, 0.29) is 5.56 Å². The fourth-order valence-corrected chi connectivity index (χ4v) is 2.41. The number of hydrogen-bond donors (Lipinski definition) is 0. The first kappa shape index (κ1) is 14.1. The van der Waals surface area contributed by atoms with Crippen molar-refractivity contribution in [3.8, 4) is 6.07 Å². The molecular formula is C16H18N2O2. The van der Waals surface area contributed by atoms with Crippen molar-refractivity contribution in [2.45, 2.75) is 27.7 Å². The first-order valence-corrected chi connectivity index (χ1v) is 6.76. The molecule has 0 saturated heterocycles. The Morgan fingerprint density at radius 2 is 1.80 bits per heavy atom. The molecule has 20 heavy (non-hydrogen) atoms. The van der Waals surface area contributed by atoms with Crippen LogP contribution < -0.4 is 10.5 Å². The van der Waals surface area contributed by atoms with Crippen LogP contribution in [0.25, 0.3) is 11.0 Å². The van der Waals surface area contributed by atoms with Crippen molar-refractivity contribution < 1.29 is 4.42 Å². The average molecular weight is 270 g/mol. The van der Waals surface area contributed by atoms with E-state index in [1.165, 1.54) is 0 Å². The van der Waals surface area contributed by atoms with E-state index in [0.29, 0.717) is 11.3 Å². The molecule has 0 amide bonds. The molecule has 0 spiro atoms. The van der Waals surface area contributed by atoms with Crippen LogP contribution in [-0.2, 0) is 0 Å². The molecule has 0 aliphatic carbocycles. The van der Waals surface area contributed by atoms with Gasteiger partial charge >= 0.3 is 5.63 Å². The highest BCUT2D eigenvalue weighted by Gasteiger charge is 2.19. The zero-order chi connectivity index (χ0) is 14.9. The molecule has 2 rings (SSSR count). The summed E-state index contributed by atoms with van der Waals surface area (Å²) in [5, 5.41) is 10.1. The van der Waals surface area contributed by atoms with Gasteiger partial charge in [0.25, 0.3) is 0 Å².